The van der Waals surface area contributed by atoms with Crippen molar-refractivity contribution in [2.75, 3.05) is 18.0 Å². The first-order valence-electron chi connectivity index (χ1n) is 12.2. The molecular formula is C28H24FN7O. The van der Waals surface area contributed by atoms with Gasteiger partial charge in [-0.3, -0.25) is 18.9 Å². The predicted octanol–water partition coefficient (Wildman–Crippen LogP) is 3.72. The minimum atomic E-state index is -0.441. The van der Waals surface area contributed by atoms with Crippen molar-refractivity contribution in [3.05, 3.63) is 94.5 Å². The number of nitrogens with zero attached hydrogens (tertiary/aromatic N) is 6. The molecule has 5 aromatic rings. The number of piperidine rings is 1. The molecule has 1 aliphatic heterocycles. The minimum Gasteiger partial charge on any atom is -0.355 e. The van der Waals surface area contributed by atoms with Crippen LogP contribution in [0.1, 0.15) is 24.1 Å². The van der Waals surface area contributed by atoms with Gasteiger partial charge in [0, 0.05) is 30.7 Å². The van der Waals surface area contributed by atoms with Gasteiger partial charge in [0.2, 0.25) is 0 Å². The lowest BCUT2D eigenvalue weighted by Crippen LogP contribution is -2.43. The van der Waals surface area contributed by atoms with Crippen molar-refractivity contribution in [3.8, 4) is 11.8 Å². The van der Waals surface area contributed by atoms with Crippen LogP contribution in [0.25, 0.3) is 27.5 Å². The van der Waals surface area contributed by atoms with Gasteiger partial charge in [-0.2, -0.15) is 5.26 Å². The molecule has 1 aliphatic rings. The molecule has 0 aliphatic carbocycles. The molecule has 1 unspecified atom stereocenters. The SMILES string of the molecule is N#Cc1c(N2CCCC(N)C2)n(-c2cccc(F)c2)c2c(=O)n(Cc3nccc4ccccc34)cnc12. The molecular weight excluding hydrogens is 469 g/mol. The Labute approximate surface area is 212 Å². The van der Waals surface area contributed by atoms with Crippen molar-refractivity contribution in [2.24, 2.45) is 5.73 Å². The maximum absolute atomic E-state index is 14.4. The highest BCUT2D eigenvalue weighted by atomic mass is 19.1. The molecule has 1 saturated heterocycles. The van der Waals surface area contributed by atoms with Crippen LogP contribution in [0.2, 0.25) is 0 Å². The van der Waals surface area contributed by atoms with Crippen molar-refractivity contribution in [3.63, 3.8) is 0 Å². The molecule has 3 aromatic heterocycles. The average molecular weight is 494 g/mol. The van der Waals surface area contributed by atoms with Crippen molar-refractivity contribution in [2.45, 2.75) is 25.4 Å². The van der Waals surface area contributed by atoms with Crippen LogP contribution in [-0.2, 0) is 6.54 Å². The van der Waals surface area contributed by atoms with E-state index in [9.17, 15) is 14.4 Å². The summed E-state index contributed by atoms with van der Waals surface area (Å²) >= 11 is 0. The molecule has 0 saturated carbocycles. The van der Waals surface area contributed by atoms with Gasteiger partial charge in [0.15, 0.2) is 0 Å². The lowest BCUT2D eigenvalue weighted by atomic mass is 10.1. The fourth-order valence-corrected chi connectivity index (χ4v) is 5.24. The van der Waals surface area contributed by atoms with Crippen molar-refractivity contribution in [1.29, 1.82) is 5.26 Å². The summed E-state index contributed by atoms with van der Waals surface area (Å²) in [6.07, 6.45) is 4.90. The second-order valence-electron chi connectivity index (χ2n) is 9.33. The summed E-state index contributed by atoms with van der Waals surface area (Å²) < 4.78 is 17.5. The summed E-state index contributed by atoms with van der Waals surface area (Å²) in [5.74, 6) is 0.0761. The lowest BCUT2D eigenvalue weighted by molar-refractivity contribution is 0.501. The van der Waals surface area contributed by atoms with E-state index in [1.807, 2.05) is 35.2 Å². The lowest BCUT2D eigenvalue weighted by Gasteiger charge is -2.33. The number of anilines is 1. The molecule has 0 bridgehead atoms. The zero-order valence-corrected chi connectivity index (χ0v) is 20.0. The number of aromatic nitrogens is 4. The van der Waals surface area contributed by atoms with Gasteiger partial charge in [-0.1, -0.05) is 30.3 Å². The highest BCUT2D eigenvalue weighted by Crippen LogP contribution is 2.34. The number of hydrogen-bond acceptors (Lipinski definition) is 6. The fraction of sp³-hybridized carbons (Fsp3) is 0.214. The largest absolute Gasteiger partial charge is 0.355 e. The zero-order chi connectivity index (χ0) is 25.5. The Hall–Kier alpha value is -4.55. The first kappa shape index (κ1) is 22.9. The van der Waals surface area contributed by atoms with Crippen LogP contribution in [0, 0.1) is 17.1 Å². The number of halogens is 1. The summed E-state index contributed by atoms with van der Waals surface area (Å²) in [5, 5.41) is 12.2. The number of pyridine rings is 1. The van der Waals surface area contributed by atoms with Gasteiger partial charge >= 0.3 is 0 Å². The number of rotatable bonds is 4. The van der Waals surface area contributed by atoms with Gasteiger partial charge in [0.25, 0.3) is 5.56 Å². The van der Waals surface area contributed by atoms with Crippen LogP contribution in [0.5, 0.6) is 0 Å². The Balaban J connectivity index is 1.60. The molecule has 4 heterocycles. The van der Waals surface area contributed by atoms with Crippen LogP contribution in [0.3, 0.4) is 0 Å². The van der Waals surface area contributed by atoms with E-state index in [4.69, 9.17) is 5.73 Å². The second-order valence-corrected chi connectivity index (χ2v) is 9.33. The summed E-state index contributed by atoms with van der Waals surface area (Å²) in [4.78, 5) is 25.1. The Morgan fingerprint density at radius 2 is 2.00 bits per heavy atom. The van der Waals surface area contributed by atoms with Gasteiger partial charge < -0.3 is 10.6 Å². The quantitative estimate of drug-likeness (QED) is 0.409. The van der Waals surface area contributed by atoms with Crippen molar-refractivity contribution < 1.29 is 4.39 Å². The molecule has 37 heavy (non-hydrogen) atoms. The molecule has 8 nitrogen and oxygen atoms in total. The third-order valence-corrected chi connectivity index (χ3v) is 6.92. The number of benzene rings is 2. The van der Waals surface area contributed by atoms with Gasteiger partial charge in [-0.15, -0.1) is 0 Å². The average Bonchev–Trinajstić information content (AvgIpc) is 3.25. The van der Waals surface area contributed by atoms with Crippen LogP contribution in [0.15, 0.2) is 71.9 Å². The van der Waals surface area contributed by atoms with E-state index in [2.05, 4.69) is 16.0 Å². The molecule has 6 rings (SSSR count). The number of nitriles is 1. The molecule has 0 spiro atoms. The fourth-order valence-electron chi connectivity index (χ4n) is 5.24. The molecule has 1 atom stereocenters. The van der Waals surface area contributed by atoms with E-state index in [0.29, 0.717) is 24.6 Å². The Morgan fingerprint density at radius 3 is 2.81 bits per heavy atom. The van der Waals surface area contributed by atoms with E-state index in [1.165, 1.54) is 23.0 Å². The van der Waals surface area contributed by atoms with Gasteiger partial charge in [0.05, 0.1) is 24.3 Å². The minimum absolute atomic E-state index is 0.0682. The van der Waals surface area contributed by atoms with E-state index in [1.54, 1.807) is 22.9 Å². The Bertz CT molecular complexity index is 1740. The first-order valence-corrected chi connectivity index (χ1v) is 12.2. The van der Waals surface area contributed by atoms with Crippen LogP contribution in [0.4, 0.5) is 10.2 Å². The number of fused-ring (bicyclic) bond motifs is 2. The predicted molar refractivity (Wildman–Crippen MR) is 140 cm³/mol. The maximum atomic E-state index is 14.4. The van der Waals surface area contributed by atoms with E-state index >= 15 is 0 Å². The second kappa shape index (κ2) is 9.15. The normalized spacial score (nSPS) is 15.8. The van der Waals surface area contributed by atoms with Crippen molar-refractivity contribution >= 4 is 27.6 Å². The van der Waals surface area contributed by atoms with Gasteiger partial charge in [-0.05, 0) is 42.5 Å². The molecule has 2 aromatic carbocycles. The molecule has 2 N–H and O–H groups in total. The molecule has 0 radical (unpaired) electrons. The summed E-state index contributed by atoms with van der Waals surface area (Å²) in [6, 6.07) is 18.0. The topological polar surface area (TPSA) is 106 Å². The van der Waals surface area contributed by atoms with E-state index in [-0.39, 0.29) is 34.7 Å². The third-order valence-electron chi connectivity index (χ3n) is 6.92. The maximum Gasteiger partial charge on any atom is 0.278 e. The standard InChI is InChI=1S/C28H24FN7O/c29-19-6-3-8-21(13-19)36-26-25(23(14-30)27(36)34-12-4-7-20(31)15-34)33-17-35(28(26)37)16-24-22-9-2-1-5-18(22)10-11-32-24/h1-3,5-6,8-11,13,17,20H,4,7,12,15-16,31H2. The molecule has 184 valence electrons. The number of nitrogens with two attached hydrogens (primary N) is 1. The third kappa shape index (κ3) is 3.92. The van der Waals surface area contributed by atoms with Gasteiger partial charge in [-0.25, -0.2) is 9.37 Å². The van der Waals surface area contributed by atoms with E-state index in [0.717, 1.165) is 29.3 Å². The summed E-state index contributed by atoms with van der Waals surface area (Å²) in [6.45, 7) is 1.39. The van der Waals surface area contributed by atoms with Crippen LogP contribution < -0.4 is 16.2 Å². The first-order chi connectivity index (χ1) is 18.0. The van der Waals surface area contributed by atoms with E-state index < -0.39 is 5.82 Å². The van der Waals surface area contributed by atoms with Gasteiger partial charge in [0.1, 0.15) is 34.3 Å². The Morgan fingerprint density at radius 1 is 1.14 bits per heavy atom. The summed E-state index contributed by atoms with van der Waals surface area (Å²) in [7, 11) is 0. The highest BCUT2D eigenvalue weighted by Gasteiger charge is 2.29. The molecule has 0 amide bonds. The zero-order valence-electron chi connectivity index (χ0n) is 20.0. The highest BCUT2D eigenvalue weighted by molar-refractivity contribution is 5.91. The van der Waals surface area contributed by atoms with Crippen LogP contribution in [-0.4, -0.2) is 38.2 Å². The van der Waals surface area contributed by atoms with Crippen LogP contribution >= 0.6 is 0 Å². The molecule has 1 fully saturated rings. The molecule has 9 heteroatoms. The number of hydrogen-bond donors (Lipinski definition) is 1. The van der Waals surface area contributed by atoms with Crippen molar-refractivity contribution in [1.82, 2.24) is 19.1 Å². The smallest absolute Gasteiger partial charge is 0.278 e. The Kier molecular flexibility index (Phi) is 5.66. The monoisotopic (exact) mass is 493 g/mol. The summed E-state index contributed by atoms with van der Waals surface area (Å²) in [5.41, 5.74) is 7.88.